The smallest absolute Gasteiger partial charge is 0.239 e. The fourth-order valence-corrected chi connectivity index (χ4v) is 1.05. The molecular weight excluding hydrogens is 194 g/mol. The average molecular weight is 209 g/mol. The predicted octanol–water partition coefficient (Wildman–Crippen LogP) is 0.766. The Morgan fingerprint density at radius 1 is 1.73 bits per heavy atom. The first-order valence-corrected chi connectivity index (χ1v) is 4.78. The third kappa shape index (κ3) is 3.12. The molecule has 0 aliphatic rings. The van der Waals surface area contributed by atoms with E-state index in [4.69, 9.17) is 10.5 Å². The van der Waals surface area contributed by atoms with Crippen molar-refractivity contribution in [2.45, 2.75) is 19.9 Å². The molecule has 0 fully saturated rings. The van der Waals surface area contributed by atoms with Crippen LogP contribution in [-0.2, 0) is 4.79 Å². The van der Waals surface area contributed by atoms with Crippen LogP contribution in [0, 0.1) is 0 Å². The summed E-state index contributed by atoms with van der Waals surface area (Å²) in [5, 5.41) is 2.88. The van der Waals surface area contributed by atoms with Crippen molar-refractivity contribution < 1.29 is 9.53 Å². The van der Waals surface area contributed by atoms with E-state index in [1.807, 2.05) is 6.92 Å². The summed E-state index contributed by atoms with van der Waals surface area (Å²) in [6.45, 7) is 4.10. The maximum Gasteiger partial charge on any atom is 0.239 e. The summed E-state index contributed by atoms with van der Waals surface area (Å²) in [5.41, 5.74) is 5.14. The van der Waals surface area contributed by atoms with Gasteiger partial charge < -0.3 is 15.8 Å². The number of nitrogens with two attached hydrogens (primary N) is 1. The van der Waals surface area contributed by atoms with Gasteiger partial charge in [0.2, 0.25) is 5.91 Å². The van der Waals surface area contributed by atoms with Crippen LogP contribution in [0.5, 0.6) is 5.75 Å². The zero-order chi connectivity index (χ0) is 11.3. The second-order valence-corrected chi connectivity index (χ2v) is 3.05. The van der Waals surface area contributed by atoms with Gasteiger partial charge in [0.1, 0.15) is 6.04 Å². The number of nitrogens with one attached hydrogen (secondary N) is 1. The van der Waals surface area contributed by atoms with E-state index in [1.54, 1.807) is 25.3 Å². The molecule has 1 atom stereocenters. The quantitative estimate of drug-likeness (QED) is 0.750. The van der Waals surface area contributed by atoms with E-state index in [0.29, 0.717) is 18.2 Å². The second-order valence-electron chi connectivity index (χ2n) is 3.05. The first-order chi connectivity index (χ1) is 7.15. The molecule has 1 heterocycles. The van der Waals surface area contributed by atoms with Crippen LogP contribution in [0.25, 0.3) is 0 Å². The molecule has 0 aromatic carbocycles. The van der Waals surface area contributed by atoms with Crippen molar-refractivity contribution in [1.82, 2.24) is 4.98 Å². The topological polar surface area (TPSA) is 77.2 Å². The van der Waals surface area contributed by atoms with Crippen molar-refractivity contribution in [2.75, 3.05) is 11.9 Å². The van der Waals surface area contributed by atoms with Crippen LogP contribution >= 0.6 is 0 Å². The molecule has 1 rings (SSSR count). The highest BCUT2D eigenvalue weighted by atomic mass is 16.5. The van der Waals surface area contributed by atoms with Crippen LogP contribution < -0.4 is 15.8 Å². The number of amides is 1. The van der Waals surface area contributed by atoms with E-state index >= 15 is 0 Å². The molecule has 0 bridgehead atoms. The van der Waals surface area contributed by atoms with E-state index in [9.17, 15) is 4.79 Å². The van der Waals surface area contributed by atoms with Gasteiger partial charge in [-0.1, -0.05) is 0 Å². The number of carbonyl (C=O) groups is 1. The summed E-state index contributed by atoms with van der Waals surface area (Å²) < 4.78 is 5.34. The summed E-state index contributed by atoms with van der Waals surface area (Å²) in [6.07, 6.45) is 1.62. The third-order valence-electron chi connectivity index (χ3n) is 1.85. The lowest BCUT2D eigenvalue weighted by atomic mass is 10.3. The second kappa shape index (κ2) is 5.19. The molecule has 5 heteroatoms. The molecule has 0 spiro atoms. The molecule has 0 saturated carbocycles. The van der Waals surface area contributed by atoms with E-state index < -0.39 is 11.9 Å². The van der Waals surface area contributed by atoms with E-state index in [2.05, 4.69) is 10.3 Å². The highest BCUT2D eigenvalue weighted by Crippen LogP contribution is 2.21. The lowest BCUT2D eigenvalue weighted by molar-refractivity contribution is -0.118. The van der Waals surface area contributed by atoms with Gasteiger partial charge in [0.25, 0.3) is 0 Å². The first kappa shape index (κ1) is 11.3. The number of anilines is 1. The van der Waals surface area contributed by atoms with Crippen LogP contribution in [0.15, 0.2) is 18.3 Å². The molecule has 15 heavy (non-hydrogen) atoms. The van der Waals surface area contributed by atoms with Crippen LogP contribution in [0.3, 0.4) is 0 Å². The van der Waals surface area contributed by atoms with E-state index in [1.165, 1.54) is 0 Å². The molecule has 0 aliphatic carbocycles. The predicted molar refractivity (Wildman–Crippen MR) is 57.7 cm³/mol. The van der Waals surface area contributed by atoms with Crippen LogP contribution in [-0.4, -0.2) is 23.5 Å². The van der Waals surface area contributed by atoms with E-state index in [0.717, 1.165) is 0 Å². The SMILES string of the molecule is CCOc1cccnc1NC(C)C(N)=O. The Morgan fingerprint density at radius 3 is 3.07 bits per heavy atom. The van der Waals surface area contributed by atoms with Crippen LogP contribution in [0.4, 0.5) is 5.82 Å². The Kier molecular flexibility index (Phi) is 3.91. The summed E-state index contributed by atoms with van der Waals surface area (Å²) in [7, 11) is 0. The largest absolute Gasteiger partial charge is 0.490 e. The normalized spacial score (nSPS) is 11.9. The minimum atomic E-state index is -0.473. The van der Waals surface area contributed by atoms with Gasteiger partial charge in [-0.25, -0.2) is 4.98 Å². The number of ether oxygens (including phenoxy) is 1. The van der Waals surface area contributed by atoms with Gasteiger partial charge in [-0.3, -0.25) is 4.79 Å². The van der Waals surface area contributed by atoms with Crippen molar-refractivity contribution in [3.63, 3.8) is 0 Å². The molecule has 1 unspecified atom stereocenters. The number of nitrogens with zero attached hydrogens (tertiary/aromatic N) is 1. The van der Waals surface area contributed by atoms with Gasteiger partial charge in [0, 0.05) is 6.20 Å². The standard InChI is InChI=1S/C10H15N3O2/c1-3-15-8-5-4-6-12-10(8)13-7(2)9(11)14/h4-7H,3H2,1-2H3,(H2,11,14)(H,12,13). The van der Waals surface area contributed by atoms with E-state index in [-0.39, 0.29) is 0 Å². The third-order valence-corrected chi connectivity index (χ3v) is 1.85. The van der Waals surface area contributed by atoms with Gasteiger partial charge in [-0.05, 0) is 26.0 Å². The summed E-state index contributed by atoms with van der Waals surface area (Å²) in [4.78, 5) is 14.9. The fourth-order valence-electron chi connectivity index (χ4n) is 1.05. The molecular formula is C10H15N3O2. The Balaban J connectivity index is 2.79. The van der Waals surface area contributed by atoms with Crippen LogP contribution in [0.2, 0.25) is 0 Å². The molecule has 0 radical (unpaired) electrons. The summed E-state index contributed by atoms with van der Waals surface area (Å²) >= 11 is 0. The maximum atomic E-state index is 10.9. The van der Waals surface area contributed by atoms with Gasteiger partial charge in [0.15, 0.2) is 11.6 Å². The lowest BCUT2D eigenvalue weighted by Crippen LogP contribution is -2.32. The number of aromatic nitrogens is 1. The summed E-state index contributed by atoms with van der Waals surface area (Å²) in [5.74, 6) is 0.724. The highest BCUT2D eigenvalue weighted by molar-refractivity contribution is 5.82. The van der Waals surface area contributed by atoms with Crippen LogP contribution in [0.1, 0.15) is 13.8 Å². The van der Waals surface area contributed by atoms with Gasteiger partial charge in [0.05, 0.1) is 6.61 Å². The number of hydrogen-bond donors (Lipinski definition) is 2. The fraction of sp³-hybridized carbons (Fsp3) is 0.400. The van der Waals surface area contributed by atoms with Gasteiger partial charge >= 0.3 is 0 Å². The first-order valence-electron chi connectivity index (χ1n) is 4.78. The molecule has 3 N–H and O–H groups in total. The number of hydrogen-bond acceptors (Lipinski definition) is 4. The summed E-state index contributed by atoms with van der Waals surface area (Å²) in [6, 6.07) is 3.08. The minimum absolute atomic E-state index is 0.428. The monoisotopic (exact) mass is 209 g/mol. The molecule has 82 valence electrons. The Hall–Kier alpha value is -1.78. The molecule has 0 saturated heterocycles. The Labute approximate surface area is 88.6 Å². The maximum absolute atomic E-state index is 10.9. The number of rotatable bonds is 5. The minimum Gasteiger partial charge on any atom is -0.490 e. The molecule has 5 nitrogen and oxygen atoms in total. The van der Waals surface area contributed by atoms with Crippen molar-refractivity contribution in [3.05, 3.63) is 18.3 Å². The van der Waals surface area contributed by atoms with Crippen molar-refractivity contribution in [2.24, 2.45) is 5.73 Å². The van der Waals surface area contributed by atoms with Crippen molar-refractivity contribution in [1.29, 1.82) is 0 Å². The lowest BCUT2D eigenvalue weighted by Gasteiger charge is -2.14. The molecule has 0 aliphatic heterocycles. The number of carbonyl (C=O) groups excluding carboxylic acids is 1. The number of primary amides is 1. The van der Waals surface area contributed by atoms with Gasteiger partial charge in [-0.2, -0.15) is 0 Å². The molecule has 1 aromatic heterocycles. The number of pyridine rings is 1. The van der Waals surface area contributed by atoms with Gasteiger partial charge in [-0.15, -0.1) is 0 Å². The van der Waals surface area contributed by atoms with Crippen molar-refractivity contribution in [3.8, 4) is 5.75 Å². The molecule has 1 amide bonds. The molecule has 1 aromatic rings. The Morgan fingerprint density at radius 2 is 2.47 bits per heavy atom. The zero-order valence-electron chi connectivity index (χ0n) is 8.86. The highest BCUT2D eigenvalue weighted by Gasteiger charge is 2.11. The Bertz CT molecular complexity index is 341. The zero-order valence-corrected chi connectivity index (χ0v) is 8.86. The average Bonchev–Trinajstić information content (AvgIpc) is 2.21. The van der Waals surface area contributed by atoms with Crippen molar-refractivity contribution >= 4 is 11.7 Å².